The van der Waals surface area contributed by atoms with E-state index < -0.39 is 5.97 Å². The zero-order valence-electron chi connectivity index (χ0n) is 8.84. The molecule has 2 aromatic rings. The molecule has 0 saturated carbocycles. The Balaban J connectivity index is 2.49. The smallest absolute Gasteiger partial charge is 0.323 e. The SMILES string of the molecule is Cc1nc(N(C)CC(=O)O)c2ncsc2n1. The van der Waals surface area contributed by atoms with Crippen LogP contribution in [0, 0.1) is 6.92 Å². The van der Waals surface area contributed by atoms with Gasteiger partial charge in [-0.15, -0.1) is 11.3 Å². The second-order valence-electron chi connectivity index (χ2n) is 3.35. The lowest BCUT2D eigenvalue weighted by Crippen LogP contribution is -2.26. The summed E-state index contributed by atoms with van der Waals surface area (Å²) in [6, 6.07) is 0. The van der Waals surface area contributed by atoms with Crippen LogP contribution in [-0.2, 0) is 4.79 Å². The van der Waals surface area contributed by atoms with E-state index >= 15 is 0 Å². The molecule has 2 aromatic heterocycles. The van der Waals surface area contributed by atoms with Crippen molar-refractivity contribution in [1.82, 2.24) is 15.0 Å². The van der Waals surface area contributed by atoms with Crippen molar-refractivity contribution in [1.29, 1.82) is 0 Å². The van der Waals surface area contributed by atoms with E-state index in [1.807, 2.05) is 0 Å². The van der Waals surface area contributed by atoms with Crippen molar-refractivity contribution in [3.63, 3.8) is 0 Å². The first-order valence-corrected chi connectivity index (χ1v) is 5.46. The number of fused-ring (bicyclic) bond motifs is 1. The Bertz CT molecular complexity index is 539. The molecule has 0 aliphatic rings. The van der Waals surface area contributed by atoms with Gasteiger partial charge in [-0.2, -0.15) is 0 Å². The number of anilines is 1. The van der Waals surface area contributed by atoms with Crippen LogP contribution in [-0.4, -0.2) is 39.6 Å². The number of hydrogen-bond donors (Lipinski definition) is 1. The molecule has 0 aliphatic heterocycles. The topological polar surface area (TPSA) is 79.2 Å². The number of carboxylic acid groups (broad SMARTS) is 1. The van der Waals surface area contributed by atoms with Gasteiger partial charge in [0.05, 0.1) is 5.51 Å². The summed E-state index contributed by atoms with van der Waals surface area (Å²) >= 11 is 1.42. The third kappa shape index (κ3) is 1.94. The minimum Gasteiger partial charge on any atom is -0.480 e. The summed E-state index contributed by atoms with van der Waals surface area (Å²) in [5.41, 5.74) is 2.33. The Morgan fingerprint density at radius 1 is 1.56 bits per heavy atom. The number of aryl methyl sites for hydroxylation is 1. The number of aromatic nitrogens is 3. The van der Waals surface area contributed by atoms with Gasteiger partial charge in [-0.3, -0.25) is 4.79 Å². The fourth-order valence-electron chi connectivity index (χ4n) is 1.39. The molecule has 7 heteroatoms. The monoisotopic (exact) mass is 238 g/mol. The first-order chi connectivity index (χ1) is 7.58. The predicted molar refractivity (Wildman–Crippen MR) is 60.9 cm³/mol. The summed E-state index contributed by atoms with van der Waals surface area (Å²) < 4.78 is 0. The van der Waals surface area contributed by atoms with Crippen molar-refractivity contribution in [3.8, 4) is 0 Å². The molecule has 1 N–H and O–H groups in total. The predicted octanol–water partition coefficient (Wildman–Crippen LogP) is 0.916. The standard InChI is InChI=1S/C9H10N4O2S/c1-5-11-8(13(2)3-6(14)15)7-9(12-5)16-4-10-7/h4H,3H2,1-2H3,(H,14,15). The van der Waals surface area contributed by atoms with E-state index in [1.54, 1.807) is 24.4 Å². The zero-order valence-corrected chi connectivity index (χ0v) is 9.65. The normalized spacial score (nSPS) is 10.6. The van der Waals surface area contributed by atoms with E-state index in [-0.39, 0.29) is 6.54 Å². The van der Waals surface area contributed by atoms with Crippen LogP contribution in [0.5, 0.6) is 0 Å². The number of likely N-dealkylation sites (N-methyl/N-ethyl adjacent to an activating group) is 1. The molecule has 2 heterocycles. The summed E-state index contributed by atoms with van der Waals surface area (Å²) in [6.45, 7) is 1.67. The van der Waals surface area contributed by atoms with E-state index in [0.29, 0.717) is 17.2 Å². The first kappa shape index (κ1) is 10.7. The van der Waals surface area contributed by atoms with Gasteiger partial charge >= 0.3 is 5.97 Å². The maximum atomic E-state index is 10.6. The molecular weight excluding hydrogens is 228 g/mol. The van der Waals surface area contributed by atoms with Crippen LogP contribution in [0.2, 0.25) is 0 Å². The molecule has 16 heavy (non-hydrogen) atoms. The Hall–Kier alpha value is -1.76. The van der Waals surface area contributed by atoms with E-state index in [4.69, 9.17) is 5.11 Å². The van der Waals surface area contributed by atoms with Gasteiger partial charge in [0, 0.05) is 7.05 Å². The molecule has 2 rings (SSSR count). The van der Waals surface area contributed by atoms with Crippen molar-refractivity contribution in [2.24, 2.45) is 0 Å². The number of thiazole rings is 1. The molecule has 0 bridgehead atoms. The highest BCUT2D eigenvalue weighted by Crippen LogP contribution is 2.24. The average Bonchev–Trinajstić information content (AvgIpc) is 2.62. The highest BCUT2D eigenvalue weighted by atomic mass is 32.1. The van der Waals surface area contributed by atoms with E-state index in [2.05, 4.69) is 15.0 Å². The summed E-state index contributed by atoms with van der Waals surface area (Å²) in [7, 11) is 1.68. The van der Waals surface area contributed by atoms with E-state index in [0.717, 1.165) is 4.83 Å². The summed E-state index contributed by atoms with van der Waals surface area (Å²) in [5.74, 6) is 0.275. The second kappa shape index (κ2) is 4.01. The lowest BCUT2D eigenvalue weighted by molar-refractivity contribution is -0.135. The zero-order chi connectivity index (χ0) is 11.7. The number of carboxylic acids is 1. The average molecular weight is 238 g/mol. The van der Waals surface area contributed by atoms with Crippen molar-refractivity contribution in [3.05, 3.63) is 11.3 Å². The van der Waals surface area contributed by atoms with Crippen LogP contribution >= 0.6 is 11.3 Å². The molecule has 0 aromatic carbocycles. The Kier molecular flexibility index (Phi) is 2.69. The van der Waals surface area contributed by atoms with Crippen molar-refractivity contribution >= 4 is 33.5 Å². The molecule has 0 saturated heterocycles. The maximum Gasteiger partial charge on any atom is 0.323 e. The highest BCUT2D eigenvalue weighted by molar-refractivity contribution is 7.16. The quantitative estimate of drug-likeness (QED) is 0.856. The number of nitrogens with zero attached hydrogens (tertiary/aromatic N) is 4. The molecule has 0 atom stereocenters. The summed E-state index contributed by atoms with van der Waals surface area (Å²) in [4.78, 5) is 25.6. The third-order valence-corrected chi connectivity index (χ3v) is 2.74. The van der Waals surface area contributed by atoms with Crippen LogP contribution in [0.25, 0.3) is 10.3 Å². The molecule has 0 spiro atoms. The molecule has 0 fully saturated rings. The third-order valence-electron chi connectivity index (χ3n) is 2.03. The van der Waals surface area contributed by atoms with Gasteiger partial charge in [-0.25, -0.2) is 15.0 Å². The fraction of sp³-hybridized carbons (Fsp3) is 0.333. The fourth-order valence-corrected chi connectivity index (χ4v) is 2.09. The number of rotatable bonds is 3. The van der Waals surface area contributed by atoms with Gasteiger partial charge in [0.1, 0.15) is 22.7 Å². The van der Waals surface area contributed by atoms with Gasteiger partial charge in [0.2, 0.25) is 0 Å². The summed E-state index contributed by atoms with van der Waals surface area (Å²) in [6.07, 6.45) is 0. The molecule has 6 nitrogen and oxygen atoms in total. The first-order valence-electron chi connectivity index (χ1n) is 4.58. The molecule has 0 unspecified atom stereocenters. The van der Waals surface area contributed by atoms with Gasteiger partial charge in [-0.1, -0.05) is 0 Å². The molecule has 84 valence electrons. The van der Waals surface area contributed by atoms with Crippen molar-refractivity contribution < 1.29 is 9.90 Å². The Morgan fingerprint density at radius 2 is 2.31 bits per heavy atom. The van der Waals surface area contributed by atoms with Gasteiger partial charge in [0.15, 0.2) is 5.82 Å². The molecular formula is C9H10N4O2S. The van der Waals surface area contributed by atoms with Crippen LogP contribution in [0.3, 0.4) is 0 Å². The van der Waals surface area contributed by atoms with Gasteiger partial charge < -0.3 is 10.0 Å². The van der Waals surface area contributed by atoms with Crippen LogP contribution in [0.15, 0.2) is 5.51 Å². The second-order valence-corrected chi connectivity index (χ2v) is 4.18. The van der Waals surface area contributed by atoms with Crippen LogP contribution in [0.4, 0.5) is 5.82 Å². The molecule has 0 aliphatic carbocycles. The highest BCUT2D eigenvalue weighted by Gasteiger charge is 2.14. The Morgan fingerprint density at radius 3 is 3.00 bits per heavy atom. The largest absolute Gasteiger partial charge is 0.480 e. The lowest BCUT2D eigenvalue weighted by Gasteiger charge is -2.15. The van der Waals surface area contributed by atoms with Crippen LogP contribution in [0.1, 0.15) is 5.82 Å². The minimum atomic E-state index is -0.901. The van der Waals surface area contributed by atoms with E-state index in [9.17, 15) is 4.79 Å². The maximum absolute atomic E-state index is 10.6. The van der Waals surface area contributed by atoms with E-state index in [1.165, 1.54) is 11.3 Å². The summed E-state index contributed by atoms with van der Waals surface area (Å²) in [5, 5.41) is 8.73. The number of carbonyl (C=O) groups is 1. The number of aliphatic carboxylic acids is 1. The van der Waals surface area contributed by atoms with Crippen molar-refractivity contribution in [2.75, 3.05) is 18.5 Å². The van der Waals surface area contributed by atoms with Crippen LogP contribution < -0.4 is 4.90 Å². The molecule has 0 radical (unpaired) electrons. The molecule has 0 amide bonds. The minimum absolute atomic E-state index is 0.108. The van der Waals surface area contributed by atoms with Gasteiger partial charge in [-0.05, 0) is 6.92 Å². The lowest BCUT2D eigenvalue weighted by atomic mass is 10.4. The Labute approximate surface area is 95.6 Å². The van der Waals surface area contributed by atoms with Gasteiger partial charge in [0.25, 0.3) is 0 Å². The number of hydrogen-bond acceptors (Lipinski definition) is 6. The van der Waals surface area contributed by atoms with Crippen molar-refractivity contribution in [2.45, 2.75) is 6.92 Å².